The highest BCUT2D eigenvalue weighted by atomic mass is 14.8. The van der Waals surface area contributed by atoms with E-state index in [0.717, 1.165) is 44.9 Å². The highest BCUT2D eigenvalue weighted by Crippen LogP contribution is 2.40. The lowest BCUT2D eigenvalue weighted by atomic mass is 9.90. The van der Waals surface area contributed by atoms with Crippen LogP contribution in [0, 0.1) is 11.3 Å². The van der Waals surface area contributed by atoms with E-state index in [1.165, 1.54) is 0 Å². The predicted molar refractivity (Wildman–Crippen MR) is 124 cm³/mol. The van der Waals surface area contributed by atoms with Gasteiger partial charge in [-0.2, -0.15) is 5.26 Å². The molecule has 0 spiro atoms. The molecule has 0 aliphatic rings. The van der Waals surface area contributed by atoms with Crippen molar-refractivity contribution in [2.45, 2.75) is 12.8 Å². The van der Waals surface area contributed by atoms with Crippen LogP contribution in [-0.4, -0.2) is 12.0 Å². The maximum Gasteiger partial charge on any atom is 0.0791 e. The quantitative estimate of drug-likeness (QED) is 0.405. The predicted octanol–water partition coefficient (Wildman–Crippen LogP) is 6.58. The van der Waals surface area contributed by atoms with Crippen LogP contribution in [0.25, 0.3) is 33.6 Å². The Kier molecular flexibility index (Phi) is 5.87. The monoisotopic (exact) mass is 389 g/mol. The molecule has 1 heterocycles. The Morgan fingerprint density at radius 3 is 2.13 bits per heavy atom. The molecule has 0 radical (unpaired) electrons. The van der Waals surface area contributed by atoms with Gasteiger partial charge in [0.15, 0.2) is 0 Å². The third-order valence-corrected chi connectivity index (χ3v) is 5.19. The summed E-state index contributed by atoms with van der Waals surface area (Å²) in [7, 11) is 1.93. The molecule has 0 fully saturated rings. The molecule has 4 aromatic rings. The van der Waals surface area contributed by atoms with Crippen molar-refractivity contribution in [2.24, 2.45) is 0 Å². The summed E-state index contributed by atoms with van der Waals surface area (Å²) in [5.74, 6) is 0. The summed E-state index contributed by atoms with van der Waals surface area (Å²) in [6.45, 7) is 0. The van der Waals surface area contributed by atoms with Gasteiger partial charge in [-0.1, -0.05) is 78.9 Å². The lowest BCUT2D eigenvalue weighted by Crippen LogP contribution is -2.01. The number of rotatable bonds is 6. The van der Waals surface area contributed by atoms with Crippen LogP contribution in [0.4, 0.5) is 5.69 Å². The van der Waals surface area contributed by atoms with E-state index < -0.39 is 0 Å². The number of nitrogens with one attached hydrogen (secondary N) is 1. The maximum absolute atomic E-state index is 9.28. The number of anilines is 1. The first-order chi connectivity index (χ1) is 14.8. The molecule has 1 aromatic heterocycles. The topological polar surface area (TPSA) is 48.7 Å². The number of pyridine rings is 1. The second-order valence-electron chi connectivity index (χ2n) is 7.08. The molecule has 4 rings (SSSR count). The van der Waals surface area contributed by atoms with Gasteiger partial charge in [-0.05, 0) is 24.1 Å². The summed E-state index contributed by atoms with van der Waals surface area (Å²) in [5.41, 5.74) is 8.35. The molecule has 3 aromatic carbocycles. The zero-order valence-corrected chi connectivity index (χ0v) is 17.0. The van der Waals surface area contributed by atoms with Crippen LogP contribution in [0.5, 0.6) is 0 Å². The minimum Gasteiger partial charge on any atom is -0.388 e. The van der Waals surface area contributed by atoms with E-state index in [1.54, 1.807) is 0 Å². The lowest BCUT2D eigenvalue weighted by molar-refractivity contribution is 1.01. The molecule has 0 amide bonds. The summed E-state index contributed by atoms with van der Waals surface area (Å²) in [5, 5.41) is 12.6. The van der Waals surface area contributed by atoms with Gasteiger partial charge in [-0.15, -0.1) is 0 Å². The van der Waals surface area contributed by atoms with Gasteiger partial charge in [0.25, 0.3) is 0 Å². The van der Waals surface area contributed by atoms with Crippen LogP contribution in [0.1, 0.15) is 12.0 Å². The molecule has 0 aliphatic heterocycles. The number of nitriles is 1. The Labute approximate surface area is 177 Å². The number of aryl methyl sites for hydroxylation is 1. The van der Waals surface area contributed by atoms with Crippen LogP contribution in [0.2, 0.25) is 0 Å². The van der Waals surface area contributed by atoms with Crippen LogP contribution in [-0.2, 0) is 6.42 Å². The molecule has 30 heavy (non-hydrogen) atoms. The van der Waals surface area contributed by atoms with Crippen molar-refractivity contribution in [1.82, 2.24) is 4.98 Å². The van der Waals surface area contributed by atoms with Crippen LogP contribution < -0.4 is 5.32 Å². The fourth-order valence-corrected chi connectivity index (χ4v) is 3.77. The molecule has 0 saturated heterocycles. The van der Waals surface area contributed by atoms with Crippen molar-refractivity contribution in [1.29, 1.82) is 5.26 Å². The van der Waals surface area contributed by atoms with E-state index in [1.807, 2.05) is 55.6 Å². The third-order valence-electron chi connectivity index (χ3n) is 5.19. The van der Waals surface area contributed by atoms with Gasteiger partial charge in [0, 0.05) is 41.4 Å². The molecule has 0 atom stereocenters. The molecule has 146 valence electrons. The number of hydrogen-bond donors (Lipinski definition) is 1. The Bertz CT molecular complexity index is 1180. The molecule has 3 nitrogen and oxygen atoms in total. The Hall–Kier alpha value is -3.90. The third kappa shape index (κ3) is 3.94. The van der Waals surface area contributed by atoms with Crippen molar-refractivity contribution in [3.05, 3.63) is 96.6 Å². The van der Waals surface area contributed by atoms with Crippen molar-refractivity contribution >= 4 is 5.69 Å². The standard InChI is InChI=1S/C27H23N3/c1-29-24-17-9-8-16-23(24)26-22(15-10-18-28)19-25(20-11-4-2-5-12-20)30-27(26)21-13-6-3-7-14-21/h2-9,11-14,16-17,19,29H,10,15H2,1H3. The summed E-state index contributed by atoms with van der Waals surface area (Å²) in [6, 6.07) is 33.2. The number of nitrogens with zero attached hydrogens (tertiary/aromatic N) is 2. The molecule has 0 saturated carbocycles. The fourth-order valence-electron chi connectivity index (χ4n) is 3.77. The van der Waals surface area contributed by atoms with Crippen molar-refractivity contribution in [3.8, 4) is 39.7 Å². The number of hydrogen-bond acceptors (Lipinski definition) is 3. The SMILES string of the molecule is CNc1ccccc1-c1c(CCC#N)cc(-c2ccccc2)nc1-c1ccccc1. The van der Waals surface area contributed by atoms with Crippen molar-refractivity contribution in [2.75, 3.05) is 12.4 Å². The zero-order chi connectivity index (χ0) is 20.8. The molecule has 3 heteroatoms. The molecule has 1 N–H and O–H groups in total. The Morgan fingerprint density at radius 2 is 1.47 bits per heavy atom. The molecular formula is C27H23N3. The van der Waals surface area contributed by atoms with E-state index in [-0.39, 0.29) is 0 Å². The average Bonchev–Trinajstić information content (AvgIpc) is 2.83. The van der Waals surface area contributed by atoms with E-state index in [0.29, 0.717) is 12.8 Å². The second kappa shape index (κ2) is 9.07. The molecule has 0 aliphatic carbocycles. The summed E-state index contributed by atoms with van der Waals surface area (Å²) in [6.07, 6.45) is 1.13. The average molecular weight is 390 g/mol. The van der Waals surface area contributed by atoms with E-state index >= 15 is 0 Å². The van der Waals surface area contributed by atoms with Crippen molar-refractivity contribution in [3.63, 3.8) is 0 Å². The second-order valence-corrected chi connectivity index (χ2v) is 7.08. The van der Waals surface area contributed by atoms with Crippen LogP contribution >= 0.6 is 0 Å². The van der Waals surface area contributed by atoms with Gasteiger partial charge >= 0.3 is 0 Å². The lowest BCUT2D eigenvalue weighted by Gasteiger charge is -2.19. The first-order valence-corrected chi connectivity index (χ1v) is 10.1. The van der Waals surface area contributed by atoms with Gasteiger partial charge in [-0.3, -0.25) is 0 Å². The summed E-state index contributed by atoms with van der Waals surface area (Å²) in [4.78, 5) is 5.12. The maximum atomic E-state index is 9.28. The Balaban J connectivity index is 2.04. The first kappa shape index (κ1) is 19.4. The van der Waals surface area contributed by atoms with Crippen molar-refractivity contribution < 1.29 is 0 Å². The van der Waals surface area contributed by atoms with Gasteiger partial charge < -0.3 is 5.32 Å². The van der Waals surface area contributed by atoms with Gasteiger partial charge in [0.1, 0.15) is 0 Å². The largest absolute Gasteiger partial charge is 0.388 e. The van der Waals surface area contributed by atoms with Crippen LogP contribution in [0.15, 0.2) is 91.0 Å². The number of para-hydroxylation sites is 1. The highest BCUT2D eigenvalue weighted by molar-refractivity contribution is 5.90. The smallest absolute Gasteiger partial charge is 0.0791 e. The minimum absolute atomic E-state index is 0.460. The molecule has 0 unspecified atom stereocenters. The first-order valence-electron chi connectivity index (χ1n) is 10.1. The zero-order valence-electron chi connectivity index (χ0n) is 17.0. The Morgan fingerprint density at radius 1 is 0.833 bits per heavy atom. The number of aromatic nitrogens is 1. The number of benzene rings is 3. The van der Waals surface area contributed by atoms with Gasteiger partial charge in [-0.25, -0.2) is 4.98 Å². The van der Waals surface area contributed by atoms with Gasteiger partial charge in [0.05, 0.1) is 17.5 Å². The fraction of sp³-hybridized carbons (Fsp3) is 0.111. The summed E-state index contributed by atoms with van der Waals surface area (Å²) >= 11 is 0. The highest BCUT2D eigenvalue weighted by Gasteiger charge is 2.18. The molecule has 0 bridgehead atoms. The van der Waals surface area contributed by atoms with E-state index in [2.05, 4.69) is 53.9 Å². The van der Waals surface area contributed by atoms with E-state index in [4.69, 9.17) is 4.98 Å². The minimum atomic E-state index is 0.460. The van der Waals surface area contributed by atoms with Gasteiger partial charge in [0.2, 0.25) is 0 Å². The summed E-state index contributed by atoms with van der Waals surface area (Å²) < 4.78 is 0. The normalized spacial score (nSPS) is 10.4. The van der Waals surface area contributed by atoms with E-state index in [9.17, 15) is 5.26 Å². The van der Waals surface area contributed by atoms with Crippen LogP contribution in [0.3, 0.4) is 0 Å². The molecular weight excluding hydrogens is 366 g/mol.